The van der Waals surface area contributed by atoms with Gasteiger partial charge in [0, 0.05) is 28.6 Å². The molecule has 2 aliphatic rings. The second-order valence-corrected chi connectivity index (χ2v) is 5.92. The quantitative estimate of drug-likeness (QED) is 0.863. The monoisotopic (exact) mass is 361 g/mol. The van der Waals surface area contributed by atoms with Gasteiger partial charge in [0.2, 0.25) is 11.4 Å². The molecule has 2 aromatic rings. The van der Waals surface area contributed by atoms with Gasteiger partial charge in [0.15, 0.2) is 0 Å². The minimum Gasteiger partial charge on any atom is -0.481 e. The normalized spacial score (nSPS) is 19.8. The van der Waals surface area contributed by atoms with Crippen LogP contribution < -0.4 is 11.0 Å². The number of H-pyrrole nitrogens is 1. The van der Waals surface area contributed by atoms with Crippen molar-refractivity contribution in [1.82, 2.24) is 15.4 Å². The molecule has 0 aliphatic carbocycles. The highest BCUT2D eigenvalue weighted by Gasteiger charge is 2.45. The molecule has 0 saturated carbocycles. The summed E-state index contributed by atoms with van der Waals surface area (Å²) in [6.07, 6.45) is -0.143. The number of aromatic amines is 1. The Morgan fingerprint density at radius 3 is 2.69 bits per heavy atom. The number of rotatable bonds is 2. The fourth-order valence-electron chi connectivity index (χ4n) is 3.17. The van der Waals surface area contributed by atoms with E-state index in [2.05, 4.69) is 10.4 Å². The van der Waals surface area contributed by atoms with E-state index >= 15 is 0 Å². The molecule has 8 heteroatoms. The molecule has 4 rings (SSSR count). The van der Waals surface area contributed by atoms with E-state index in [1.165, 1.54) is 18.2 Å². The number of hydrogen-bond acceptors (Lipinski definition) is 4. The summed E-state index contributed by atoms with van der Waals surface area (Å²) in [4.78, 5) is 14.8. The molecule has 2 aliphatic heterocycles. The number of hydrazine groups is 1. The van der Waals surface area contributed by atoms with Gasteiger partial charge < -0.3 is 9.72 Å². The van der Waals surface area contributed by atoms with Gasteiger partial charge in [-0.25, -0.2) is 10.4 Å². The van der Waals surface area contributed by atoms with Gasteiger partial charge in [0.05, 0.1) is 12.8 Å². The van der Waals surface area contributed by atoms with E-state index in [1.807, 2.05) is 12.1 Å². The van der Waals surface area contributed by atoms with E-state index < -0.39 is 12.2 Å². The molecule has 2 N–H and O–H groups in total. The van der Waals surface area contributed by atoms with Crippen LogP contribution >= 0.6 is 0 Å². The largest absolute Gasteiger partial charge is 0.481 e. The van der Waals surface area contributed by atoms with Crippen molar-refractivity contribution < 1.29 is 17.9 Å². The highest BCUT2D eigenvalue weighted by molar-refractivity contribution is 5.96. The van der Waals surface area contributed by atoms with Crippen LogP contribution in [0.5, 0.6) is 0 Å². The number of benzene rings is 1. The number of alkyl halides is 3. The Bertz CT molecular complexity index is 1030. The minimum absolute atomic E-state index is 0.237. The van der Waals surface area contributed by atoms with Gasteiger partial charge in [-0.2, -0.15) is 13.2 Å². The van der Waals surface area contributed by atoms with Crippen molar-refractivity contribution in [1.29, 1.82) is 0 Å². The van der Waals surface area contributed by atoms with Crippen molar-refractivity contribution in [3.8, 4) is 0 Å². The van der Waals surface area contributed by atoms with Crippen molar-refractivity contribution >= 4 is 16.5 Å². The number of methoxy groups -OCH3 is 1. The number of ether oxygens (including phenoxy) is 1. The predicted molar refractivity (Wildman–Crippen MR) is 90.5 cm³/mol. The number of para-hydroxylation sites is 1. The summed E-state index contributed by atoms with van der Waals surface area (Å²) in [5.74, 6) is 0.237. The number of allylic oxidation sites excluding steroid dienone is 3. The predicted octanol–water partition coefficient (Wildman–Crippen LogP) is 3.05. The van der Waals surface area contributed by atoms with Crippen LogP contribution in [0.15, 0.2) is 64.9 Å². The van der Waals surface area contributed by atoms with Gasteiger partial charge in [0.1, 0.15) is 6.04 Å². The number of nitrogens with one attached hydrogen (secondary N) is 2. The maximum Gasteiger partial charge on any atom is 0.409 e. The molecule has 0 bridgehead atoms. The zero-order valence-corrected chi connectivity index (χ0v) is 13.6. The summed E-state index contributed by atoms with van der Waals surface area (Å²) in [6, 6.07) is 6.69. The first-order valence-electron chi connectivity index (χ1n) is 7.82. The standard InChI is InChI=1S/C18H14F3N3O2/c1-26-17-7-6-11(14-9-15(18(19,20)21)23-24(14)17)12-8-16(25)22-13-5-3-2-4-10(12)13/h2-9,15,23H,1H3,(H,22,25). The summed E-state index contributed by atoms with van der Waals surface area (Å²) in [5, 5.41) is 1.99. The Hall–Kier alpha value is -3.00. The molecule has 0 amide bonds. The number of pyridine rings is 1. The van der Waals surface area contributed by atoms with E-state index in [0.29, 0.717) is 22.4 Å². The van der Waals surface area contributed by atoms with E-state index in [9.17, 15) is 18.0 Å². The molecule has 1 atom stereocenters. The summed E-state index contributed by atoms with van der Waals surface area (Å²) in [6.45, 7) is 0. The lowest BCUT2D eigenvalue weighted by atomic mass is 9.96. The minimum atomic E-state index is -4.45. The van der Waals surface area contributed by atoms with Crippen LogP contribution in [0.1, 0.15) is 5.56 Å². The lowest BCUT2D eigenvalue weighted by molar-refractivity contribution is -0.149. The number of halogens is 3. The summed E-state index contributed by atoms with van der Waals surface area (Å²) >= 11 is 0. The van der Waals surface area contributed by atoms with Crippen LogP contribution in [0.4, 0.5) is 13.2 Å². The molecule has 5 nitrogen and oxygen atoms in total. The molecule has 0 saturated heterocycles. The third-order valence-electron chi connectivity index (χ3n) is 4.33. The number of nitrogens with zero attached hydrogens (tertiary/aromatic N) is 1. The van der Waals surface area contributed by atoms with Gasteiger partial charge in [-0.1, -0.05) is 18.2 Å². The lowest BCUT2D eigenvalue weighted by Gasteiger charge is -2.29. The van der Waals surface area contributed by atoms with Gasteiger partial charge in [-0.3, -0.25) is 4.79 Å². The third-order valence-corrected chi connectivity index (χ3v) is 4.33. The number of hydrogen-bond donors (Lipinski definition) is 2. The molecular weight excluding hydrogens is 347 g/mol. The first kappa shape index (κ1) is 16.5. The van der Waals surface area contributed by atoms with Crippen molar-refractivity contribution in [2.75, 3.05) is 7.11 Å². The SMILES string of the molecule is COC1=CC=C(c2cc(=O)[nH]c3ccccc23)C2=CC(C(F)(F)F)NN12. The molecule has 3 heterocycles. The van der Waals surface area contributed by atoms with Crippen LogP contribution in [0.25, 0.3) is 16.5 Å². The molecule has 134 valence electrons. The van der Waals surface area contributed by atoms with Gasteiger partial charge in [-0.05, 0) is 23.8 Å². The molecule has 0 spiro atoms. The Labute approximate surface area is 146 Å². The topological polar surface area (TPSA) is 57.4 Å². The maximum absolute atomic E-state index is 13.2. The van der Waals surface area contributed by atoms with Crippen molar-refractivity contribution in [2.24, 2.45) is 0 Å². The second kappa shape index (κ2) is 5.77. The van der Waals surface area contributed by atoms with Crippen molar-refractivity contribution in [3.63, 3.8) is 0 Å². The summed E-state index contributed by atoms with van der Waals surface area (Å²) < 4.78 is 44.8. The zero-order valence-electron chi connectivity index (χ0n) is 13.6. The van der Waals surface area contributed by atoms with Crippen LogP contribution in [0, 0.1) is 0 Å². The van der Waals surface area contributed by atoms with E-state index in [4.69, 9.17) is 4.74 Å². The second-order valence-electron chi connectivity index (χ2n) is 5.92. The fourth-order valence-corrected chi connectivity index (χ4v) is 3.17. The van der Waals surface area contributed by atoms with Crippen LogP contribution in [0.2, 0.25) is 0 Å². The third kappa shape index (κ3) is 2.59. The Morgan fingerprint density at radius 1 is 1.19 bits per heavy atom. The van der Waals surface area contributed by atoms with Crippen LogP contribution in [0.3, 0.4) is 0 Å². The molecule has 0 fully saturated rings. The average molecular weight is 361 g/mol. The Kier molecular flexibility index (Phi) is 3.66. The highest BCUT2D eigenvalue weighted by atomic mass is 19.4. The number of fused-ring (bicyclic) bond motifs is 2. The fraction of sp³-hybridized carbons (Fsp3) is 0.167. The van der Waals surface area contributed by atoms with E-state index in [1.54, 1.807) is 24.3 Å². The molecule has 1 unspecified atom stereocenters. The lowest BCUT2D eigenvalue weighted by Crippen LogP contribution is -2.44. The number of aromatic nitrogens is 1. The highest BCUT2D eigenvalue weighted by Crippen LogP contribution is 2.39. The van der Waals surface area contributed by atoms with Gasteiger partial charge in [-0.15, -0.1) is 0 Å². The molecule has 1 aromatic carbocycles. The molecular formula is C18H14F3N3O2. The summed E-state index contributed by atoms with van der Waals surface area (Å²) in [5.41, 5.74) is 4.03. The molecule has 26 heavy (non-hydrogen) atoms. The Morgan fingerprint density at radius 2 is 1.96 bits per heavy atom. The molecule has 0 radical (unpaired) electrons. The zero-order chi connectivity index (χ0) is 18.5. The Balaban J connectivity index is 1.93. The van der Waals surface area contributed by atoms with Gasteiger partial charge in [0.25, 0.3) is 0 Å². The van der Waals surface area contributed by atoms with Crippen LogP contribution in [-0.4, -0.2) is 29.3 Å². The van der Waals surface area contributed by atoms with E-state index in [-0.39, 0.29) is 11.4 Å². The van der Waals surface area contributed by atoms with Gasteiger partial charge >= 0.3 is 6.18 Å². The maximum atomic E-state index is 13.2. The summed E-state index contributed by atoms with van der Waals surface area (Å²) in [7, 11) is 1.38. The van der Waals surface area contributed by atoms with Crippen molar-refractivity contribution in [2.45, 2.75) is 12.2 Å². The average Bonchev–Trinajstić information content (AvgIpc) is 3.06. The van der Waals surface area contributed by atoms with Crippen molar-refractivity contribution in [3.05, 3.63) is 76.1 Å². The van der Waals surface area contributed by atoms with Crippen LogP contribution in [-0.2, 0) is 4.74 Å². The molecule has 1 aromatic heterocycles. The smallest absolute Gasteiger partial charge is 0.409 e. The van der Waals surface area contributed by atoms with E-state index in [0.717, 1.165) is 11.5 Å². The first-order chi connectivity index (χ1) is 12.4. The first-order valence-corrected chi connectivity index (χ1v) is 7.82.